The summed E-state index contributed by atoms with van der Waals surface area (Å²) in [4.78, 5) is 34.9. The molecule has 1 aliphatic heterocycles. The smallest absolute Gasteiger partial charge is 0.339 e. The lowest BCUT2D eigenvalue weighted by Gasteiger charge is -2.26. The molecule has 0 aliphatic carbocycles. The quantitative estimate of drug-likeness (QED) is 0.466. The number of hydrogen-bond donors (Lipinski definition) is 1. The Labute approximate surface area is 190 Å². The number of benzene rings is 1. The van der Waals surface area contributed by atoms with Crippen molar-refractivity contribution in [1.29, 1.82) is 0 Å². The highest BCUT2D eigenvalue weighted by Crippen LogP contribution is 2.29. The van der Waals surface area contributed by atoms with E-state index in [-0.39, 0.29) is 12.3 Å². The van der Waals surface area contributed by atoms with E-state index in [1.807, 2.05) is 36.2 Å². The summed E-state index contributed by atoms with van der Waals surface area (Å²) in [5.41, 5.74) is 4.75. The number of H-pyrrole nitrogens is 1. The number of pyridine rings is 1. The van der Waals surface area contributed by atoms with Gasteiger partial charge in [-0.25, -0.2) is 9.78 Å². The van der Waals surface area contributed by atoms with E-state index in [9.17, 15) is 9.59 Å². The second-order valence-corrected chi connectivity index (χ2v) is 8.28. The monoisotopic (exact) mass is 443 g/mol. The van der Waals surface area contributed by atoms with Gasteiger partial charge in [-0.05, 0) is 55.2 Å². The third kappa shape index (κ3) is 3.91. The van der Waals surface area contributed by atoms with E-state index in [1.165, 1.54) is 5.57 Å². The van der Waals surface area contributed by atoms with Crippen molar-refractivity contribution in [1.82, 2.24) is 14.9 Å². The van der Waals surface area contributed by atoms with Crippen LogP contribution in [0.4, 0.5) is 0 Å². The van der Waals surface area contributed by atoms with Crippen LogP contribution in [0.15, 0.2) is 58.0 Å². The molecule has 7 heteroatoms. The molecule has 1 aromatic carbocycles. The Morgan fingerprint density at radius 3 is 2.94 bits per heavy atom. The van der Waals surface area contributed by atoms with Crippen LogP contribution in [-0.2, 0) is 11.2 Å². The van der Waals surface area contributed by atoms with Crippen LogP contribution in [0.1, 0.15) is 29.5 Å². The molecule has 3 aromatic heterocycles. The molecule has 0 saturated heterocycles. The average molecular weight is 444 g/mol. The summed E-state index contributed by atoms with van der Waals surface area (Å²) in [5, 5.41) is 1.95. The maximum absolute atomic E-state index is 12.9. The molecule has 0 radical (unpaired) electrons. The van der Waals surface area contributed by atoms with Gasteiger partial charge in [0, 0.05) is 59.9 Å². The summed E-state index contributed by atoms with van der Waals surface area (Å²) in [6.45, 7) is 3.12. The summed E-state index contributed by atoms with van der Waals surface area (Å²) < 4.78 is 10.7. The summed E-state index contributed by atoms with van der Waals surface area (Å²) >= 11 is 0. The molecule has 168 valence electrons. The Morgan fingerprint density at radius 1 is 1.27 bits per heavy atom. The number of aryl methyl sites for hydroxylation is 1. The third-order valence-electron chi connectivity index (χ3n) is 6.44. The van der Waals surface area contributed by atoms with Crippen molar-refractivity contribution in [2.45, 2.75) is 26.2 Å². The van der Waals surface area contributed by atoms with Crippen molar-refractivity contribution in [3.05, 3.63) is 75.9 Å². The van der Waals surface area contributed by atoms with Crippen LogP contribution in [0.2, 0.25) is 0 Å². The summed E-state index contributed by atoms with van der Waals surface area (Å²) in [7, 11) is 1.57. The molecule has 33 heavy (non-hydrogen) atoms. The lowest BCUT2D eigenvalue weighted by atomic mass is 9.98. The van der Waals surface area contributed by atoms with Crippen molar-refractivity contribution in [2.75, 3.05) is 20.2 Å². The van der Waals surface area contributed by atoms with E-state index in [2.05, 4.69) is 22.1 Å². The predicted molar refractivity (Wildman–Crippen MR) is 127 cm³/mol. The third-order valence-corrected chi connectivity index (χ3v) is 6.44. The molecule has 0 spiro atoms. The SMILES string of the molecule is COc1ccc2c(C)c(CCC(=O)N3CC=C(c4c[nH]c5ncccc45)CC3)c(=O)oc2c1. The van der Waals surface area contributed by atoms with E-state index in [0.29, 0.717) is 36.4 Å². The Balaban J connectivity index is 1.28. The predicted octanol–water partition coefficient (Wildman–Crippen LogP) is 4.23. The van der Waals surface area contributed by atoms with E-state index >= 15 is 0 Å². The van der Waals surface area contributed by atoms with Gasteiger partial charge in [-0.1, -0.05) is 6.08 Å². The topological polar surface area (TPSA) is 88.4 Å². The number of amides is 1. The molecule has 5 rings (SSSR count). The number of rotatable bonds is 5. The minimum atomic E-state index is -0.394. The number of nitrogens with zero attached hydrogens (tertiary/aromatic N) is 2. The van der Waals surface area contributed by atoms with Crippen LogP contribution in [0, 0.1) is 6.92 Å². The Bertz CT molecular complexity index is 1450. The minimum absolute atomic E-state index is 0.0412. The first-order chi connectivity index (χ1) is 16.0. The molecular formula is C26H25N3O4. The van der Waals surface area contributed by atoms with Gasteiger partial charge in [-0.2, -0.15) is 0 Å². The van der Waals surface area contributed by atoms with Gasteiger partial charge in [-0.15, -0.1) is 0 Å². The summed E-state index contributed by atoms with van der Waals surface area (Å²) in [6.07, 6.45) is 7.28. The van der Waals surface area contributed by atoms with Gasteiger partial charge in [0.25, 0.3) is 0 Å². The molecule has 0 bridgehead atoms. The molecule has 1 amide bonds. The first-order valence-corrected chi connectivity index (χ1v) is 11.0. The summed E-state index contributed by atoms with van der Waals surface area (Å²) in [6, 6.07) is 9.42. The molecule has 0 fully saturated rings. The van der Waals surface area contributed by atoms with E-state index < -0.39 is 5.63 Å². The van der Waals surface area contributed by atoms with Crippen LogP contribution in [0.3, 0.4) is 0 Å². The van der Waals surface area contributed by atoms with Crippen molar-refractivity contribution in [2.24, 2.45) is 0 Å². The van der Waals surface area contributed by atoms with Gasteiger partial charge in [0.15, 0.2) is 0 Å². The van der Waals surface area contributed by atoms with Crippen molar-refractivity contribution < 1.29 is 13.9 Å². The molecule has 4 aromatic rings. The fourth-order valence-electron chi connectivity index (χ4n) is 4.54. The van der Waals surface area contributed by atoms with Crippen LogP contribution in [0.5, 0.6) is 5.75 Å². The van der Waals surface area contributed by atoms with Gasteiger partial charge >= 0.3 is 5.63 Å². The van der Waals surface area contributed by atoms with E-state index in [0.717, 1.165) is 34.0 Å². The lowest BCUT2D eigenvalue weighted by molar-refractivity contribution is -0.130. The maximum atomic E-state index is 12.9. The standard InChI is InChI=1S/C26H25N3O4/c1-16-19-6-5-18(32-2)14-23(19)33-26(31)20(16)7-8-24(30)29-12-9-17(10-13-29)22-15-28-25-21(22)4-3-11-27-25/h3-6,9,11,14-15H,7-8,10,12-13H2,1-2H3,(H,27,28). The second-order valence-electron chi connectivity index (χ2n) is 8.28. The Morgan fingerprint density at radius 2 is 2.15 bits per heavy atom. The number of hydrogen-bond acceptors (Lipinski definition) is 5. The van der Waals surface area contributed by atoms with Gasteiger partial charge in [0.2, 0.25) is 5.91 Å². The number of carbonyl (C=O) groups is 1. The largest absolute Gasteiger partial charge is 0.497 e. The molecule has 1 N–H and O–H groups in total. The fraction of sp³-hybridized carbons (Fsp3) is 0.269. The molecule has 0 saturated carbocycles. The molecule has 4 heterocycles. The van der Waals surface area contributed by atoms with Crippen LogP contribution < -0.4 is 10.4 Å². The highest BCUT2D eigenvalue weighted by molar-refractivity contribution is 5.91. The maximum Gasteiger partial charge on any atom is 0.339 e. The molecular weight excluding hydrogens is 418 g/mol. The van der Waals surface area contributed by atoms with Crippen molar-refractivity contribution in [3.8, 4) is 5.75 Å². The number of ether oxygens (including phenoxy) is 1. The molecule has 1 aliphatic rings. The number of aromatic nitrogens is 2. The number of methoxy groups -OCH3 is 1. The fourth-order valence-corrected chi connectivity index (χ4v) is 4.54. The van der Waals surface area contributed by atoms with Crippen LogP contribution >= 0.6 is 0 Å². The number of aromatic amines is 1. The zero-order valence-electron chi connectivity index (χ0n) is 18.7. The van der Waals surface area contributed by atoms with Crippen LogP contribution in [-0.4, -0.2) is 41.0 Å². The van der Waals surface area contributed by atoms with Gasteiger partial charge < -0.3 is 19.0 Å². The Kier molecular flexibility index (Phi) is 5.46. The summed E-state index contributed by atoms with van der Waals surface area (Å²) in [5.74, 6) is 0.675. The molecule has 0 unspecified atom stereocenters. The van der Waals surface area contributed by atoms with Gasteiger partial charge in [-0.3, -0.25) is 4.79 Å². The first kappa shape index (κ1) is 21.0. The van der Waals surface area contributed by atoms with Gasteiger partial charge in [0.1, 0.15) is 17.0 Å². The molecule has 0 atom stereocenters. The highest BCUT2D eigenvalue weighted by atomic mass is 16.5. The number of nitrogens with one attached hydrogen (secondary N) is 1. The van der Waals surface area contributed by atoms with Crippen molar-refractivity contribution >= 4 is 33.5 Å². The average Bonchev–Trinajstić information content (AvgIpc) is 3.27. The zero-order valence-corrected chi connectivity index (χ0v) is 18.7. The lowest BCUT2D eigenvalue weighted by Crippen LogP contribution is -2.35. The van der Waals surface area contributed by atoms with E-state index in [4.69, 9.17) is 9.15 Å². The first-order valence-electron chi connectivity index (χ1n) is 11.0. The molecule has 7 nitrogen and oxygen atoms in total. The zero-order chi connectivity index (χ0) is 22.9. The second kappa shape index (κ2) is 8.58. The number of carbonyl (C=O) groups excluding carboxylic acids is 1. The van der Waals surface area contributed by atoms with Crippen molar-refractivity contribution in [3.63, 3.8) is 0 Å². The van der Waals surface area contributed by atoms with Crippen LogP contribution in [0.25, 0.3) is 27.6 Å². The Hall–Kier alpha value is -3.87. The minimum Gasteiger partial charge on any atom is -0.497 e. The normalized spacial score (nSPS) is 14.0. The highest BCUT2D eigenvalue weighted by Gasteiger charge is 2.21. The van der Waals surface area contributed by atoms with E-state index in [1.54, 1.807) is 19.4 Å². The number of fused-ring (bicyclic) bond motifs is 2. The van der Waals surface area contributed by atoms with Gasteiger partial charge in [0.05, 0.1) is 7.11 Å².